The van der Waals surface area contributed by atoms with Gasteiger partial charge in [-0.05, 0) is 12.5 Å². The molecule has 1 aromatic carbocycles. The number of anilines is 2. The number of pyridine rings is 1. The highest BCUT2D eigenvalue weighted by Gasteiger charge is 2.27. The third kappa shape index (κ3) is 4.04. The van der Waals surface area contributed by atoms with Crippen molar-refractivity contribution < 1.29 is 9.90 Å². The lowest BCUT2D eigenvalue weighted by molar-refractivity contribution is 0.0829. The van der Waals surface area contributed by atoms with Gasteiger partial charge in [-0.1, -0.05) is 25.1 Å². The number of nitrogens with zero attached hydrogens (tertiary/aromatic N) is 3. The zero-order valence-electron chi connectivity index (χ0n) is 16.8. The van der Waals surface area contributed by atoms with E-state index in [1.807, 2.05) is 18.3 Å². The number of carbonyl (C=O) groups is 1. The molecular formula is C21H29N5O2. The van der Waals surface area contributed by atoms with Crippen LogP contribution in [0.2, 0.25) is 0 Å². The molecule has 7 heteroatoms. The fourth-order valence-corrected chi connectivity index (χ4v) is 3.41. The van der Waals surface area contributed by atoms with Gasteiger partial charge in [-0.15, -0.1) is 0 Å². The number of piperazine rings is 1. The van der Waals surface area contributed by atoms with E-state index in [2.05, 4.69) is 27.4 Å². The van der Waals surface area contributed by atoms with Gasteiger partial charge in [-0.2, -0.15) is 0 Å². The monoisotopic (exact) mass is 383 g/mol. The number of nitrogens with one attached hydrogen (secondary N) is 2. The maximum absolute atomic E-state index is 13.2. The van der Waals surface area contributed by atoms with Crippen molar-refractivity contribution in [2.24, 2.45) is 0 Å². The van der Waals surface area contributed by atoms with Gasteiger partial charge in [0, 0.05) is 57.9 Å². The topological polar surface area (TPSA) is 80.7 Å². The molecule has 1 aromatic heterocycles. The van der Waals surface area contributed by atoms with E-state index in [1.54, 1.807) is 31.1 Å². The van der Waals surface area contributed by atoms with Gasteiger partial charge >= 0.3 is 0 Å². The highest BCUT2D eigenvalue weighted by molar-refractivity contribution is 6.08. The molecule has 0 bridgehead atoms. The minimum Gasteiger partial charge on any atom is -0.507 e. The van der Waals surface area contributed by atoms with E-state index in [4.69, 9.17) is 0 Å². The third-order valence-corrected chi connectivity index (χ3v) is 4.85. The van der Waals surface area contributed by atoms with Crippen molar-refractivity contribution in [3.8, 4) is 16.9 Å². The fourth-order valence-electron chi connectivity index (χ4n) is 3.41. The molecule has 28 heavy (non-hydrogen) atoms. The molecule has 7 nitrogen and oxygen atoms in total. The van der Waals surface area contributed by atoms with Gasteiger partial charge in [0.25, 0.3) is 5.91 Å². The van der Waals surface area contributed by atoms with Gasteiger partial charge in [-0.3, -0.25) is 4.79 Å². The Bertz CT molecular complexity index is 832. The Kier molecular flexibility index (Phi) is 6.36. The quantitative estimate of drug-likeness (QED) is 0.711. The Morgan fingerprint density at radius 3 is 2.64 bits per heavy atom. The van der Waals surface area contributed by atoms with Gasteiger partial charge in [0.2, 0.25) is 0 Å². The Morgan fingerprint density at radius 1 is 1.29 bits per heavy atom. The molecule has 0 saturated carbocycles. The van der Waals surface area contributed by atoms with Crippen LogP contribution in [-0.2, 0) is 0 Å². The number of aromatic hydroxyl groups is 1. The molecule has 1 saturated heterocycles. The highest BCUT2D eigenvalue weighted by atomic mass is 16.3. The Labute approximate surface area is 166 Å². The van der Waals surface area contributed by atoms with Crippen LogP contribution in [0.1, 0.15) is 23.7 Å². The molecule has 1 amide bonds. The van der Waals surface area contributed by atoms with E-state index in [1.165, 1.54) is 0 Å². The largest absolute Gasteiger partial charge is 0.507 e. The zero-order valence-corrected chi connectivity index (χ0v) is 16.8. The summed E-state index contributed by atoms with van der Waals surface area (Å²) in [6.45, 7) is 6.16. The molecule has 3 N–H and O–H groups in total. The molecule has 0 radical (unpaired) electrons. The van der Waals surface area contributed by atoms with E-state index >= 15 is 0 Å². The second kappa shape index (κ2) is 8.93. The average molecular weight is 383 g/mol. The number of para-hydroxylation sites is 1. The number of carbonyl (C=O) groups excluding carboxylic acids is 1. The SMILES string of the molecule is CCCNc1ncc(N2CCNCC2)c(-c2ccccc2O)c1C(=O)N(C)C. The summed E-state index contributed by atoms with van der Waals surface area (Å²) < 4.78 is 0. The van der Waals surface area contributed by atoms with E-state index in [-0.39, 0.29) is 11.7 Å². The van der Waals surface area contributed by atoms with E-state index in [0.717, 1.165) is 43.9 Å². The molecule has 1 aliphatic rings. The number of phenolic OH excluding ortho intramolecular Hbond substituents is 1. The van der Waals surface area contributed by atoms with Crippen LogP contribution in [0, 0.1) is 0 Å². The van der Waals surface area contributed by atoms with Crippen molar-refractivity contribution in [1.29, 1.82) is 0 Å². The highest BCUT2D eigenvalue weighted by Crippen LogP contribution is 2.41. The second-order valence-electron chi connectivity index (χ2n) is 7.12. The predicted molar refractivity (Wildman–Crippen MR) is 113 cm³/mol. The summed E-state index contributed by atoms with van der Waals surface area (Å²) in [6, 6.07) is 7.17. The molecule has 2 aromatic rings. The minimum absolute atomic E-state index is 0.138. The fraction of sp³-hybridized carbons (Fsp3) is 0.429. The minimum atomic E-state index is -0.138. The van der Waals surface area contributed by atoms with Crippen LogP contribution < -0.4 is 15.5 Å². The molecule has 3 rings (SSSR count). The third-order valence-electron chi connectivity index (χ3n) is 4.85. The molecule has 0 unspecified atom stereocenters. The summed E-state index contributed by atoms with van der Waals surface area (Å²) in [5.74, 6) is 0.568. The summed E-state index contributed by atoms with van der Waals surface area (Å²) in [5.41, 5.74) is 2.74. The normalized spacial score (nSPS) is 14.0. The van der Waals surface area contributed by atoms with Crippen molar-refractivity contribution in [3.63, 3.8) is 0 Å². The van der Waals surface area contributed by atoms with Crippen molar-refractivity contribution in [3.05, 3.63) is 36.0 Å². The maximum Gasteiger partial charge on any atom is 0.257 e. The molecule has 0 spiro atoms. The summed E-state index contributed by atoms with van der Waals surface area (Å²) in [6.07, 6.45) is 2.74. The van der Waals surface area contributed by atoms with Crippen molar-refractivity contribution in [1.82, 2.24) is 15.2 Å². The molecule has 0 aliphatic carbocycles. The lowest BCUT2D eigenvalue weighted by Crippen LogP contribution is -2.44. The van der Waals surface area contributed by atoms with Gasteiger partial charge in [0.1, 0.15) is 11.6 Å². The van der Waals surface area contributed by atoms with Gasteiger partial charge in [0.15, 0.2) is 0 Å². The van der Waals surface area contributed by atoms with Crippen LogP contribution in [0.5, 0.6) is 5.75 Å². The Hall–Kier alpha value is -2.80. The number of hydrogen-bond acceptors (Lipinski definition) is 6. The van der Waals surface area contributed by atoms with Crippen LogP contribution in [0.4, 0.5) is 11.5 Å². The van der Waals surface area contributed by atoms with E-state index in [9.17, 15) is 9.90 Å². The predicted octanol–water partition coefficient (Wildman–Crippen LogP) is 2.39. The van der Waals surface area contributed by atoms with Gasteiger partial charge in [-0.25, -0.2) is 4.98 Å². The number of amides is 1. The van der Waals surface area contributed by atoms with Gasteiger partial charge in [0.05, 0.1) is 17.4 Å². The molecule has 0 atom stereocenters. The lowest BCUT2D eigenvalue weighted by atomic mass is 9.96. The number of aromatic nitrogens is 1. The van der Waals surface area contributed by atoms with Crippen molar-refractivity contribution in [2.45, 2.75) is 13.3 Å². The molecule has 1 fully saturated rings. The zero-order chi connectivity index (χ0) is 20.1. The van der Waals surface area contributed by atoms with Crippen LogP contribution in [0.15, 0.2) is 30.5 Å². The second-order valence-corrected chi connectivity index (χ2v) is 7.12. The molecular weight excluding hydrogens is 354 g/mol. The standard InChI is InChI=1S/C21H29N5O2/c1-4-9-23-20-19(21(28)25(2)3)18(15-7-5-6-8-17(15)27)16(14-24-20)26-12-10-22-11-13-26/h5-8,14,22,27H,4,9-13H2,1-3H3,(H,23,24). The molecule has 1 aliphatic heterocycles. The first-order valence-electron chi connectivity index (χ1n) is 9.77. The van der Waals surface area contributed by atoms with Crippen LogP contribution in [0.3, 0.4) is 0 Å². The average Bonchev–Trinajstić information content (AvgIpc) is 2.72. The number of rotatable bonds is 6. The maximum atomic E-state index is 13.2. The van der Waals surface area contributed by atoms with Crippen LogP contribution >= 0.6 is 0 Å². The van der Waals surface area contributed by atoms with Gasteiger partial charge < -0.3 is 25.5 Å². The van der Waals surface area contributed by atoms with Crippen LogP contribution in [-0.4, -0.2) is 67.7 Å². The van der Waals surface area contributed by atoms with Crippen LogP contribution in [0.25, 0.3) is 11.1 Å². The number of benzene rings is 1. The number of hydrogen-bond donors (Lipinski definition) is 3. The first kappa shape index (κ1) is 19.9. The first-order chi connectivity index (χ1) is 13.5. The van der Waals surface area contributed by atoms with E-state index < -0.39 is 0 Å². The lowest BCUT2D eigenvalue weighted by Gasteiger charge is -2.32. The molecule has 2 heterocycles. The number of phenols is 1. The Morgan fingerprint density at radius 2 is 2.00 bits per heavy atom. The van der Waals surface area contributed by atoms with E-state index in [0.29, 0.717) is 23.5 Å². The van der Waals surface area contributed by atoms with Crippen molar-refractivity contribution in [2.75, 3.05) is 57.0 Å². The smallest absolute Gasteiger partial charge is 0.257 e. The summed E-state index contributed by atoms with van der Waals surface area (Å²) in [7, 11) is 3.47. The molecule has 150 valence electrons. The Balaban J connectivity index is 2.27. The summed E-state index contributed by atoms with van der Waals surface area (Å²) >= 11 is 0. The first-order valence-corrected chi connectivity index (χ1v) is 9.77. The summed E-state index contributed by atoms with van der Waals surface area (Å²) in [5, 5.41) is 17.2. The summed E-state index contributed by atoms with van der Waals surface area (Å²) in [4.78, 5) is 21.6. The van der Waals surface area contributed by atoms with Crippen molar-refractivity contribution >= 4 is 17.4 Å².